The van der Waals surface area contributed by atoms with Crippen LogP contribution in [0.5, 0.6) is 0 Å². The first-order valence-corrected chi connectivity index (χ1v) is 11.1. The minimum atomic E-state index is -0.152. The van der Waals surface area contributed by atoms with Crippen LogP contribution in [0.4, 0.5) is 4.39 Å². The van der Waals surface area contributed by atoms with Crippen LogP contribution in [0.15, 0.2) is 48.7 Å². The standard InChI is InChI=1S/C28H26FN2/c1-15(2)11-18-13-19-9-10-30(5)28-24-17(4)16(3)12-20-26-21(29)7-6-8-22(26)31(27(20)24)23(14-18)25(19)28/h6-10,12-15H,11H2,1-5H3/q+1. The summed E-state index contributed by atoms with van der Waals surface area (Å²) in [6.45, 7) is 8.84. The molecule has 2 nitrogen and oxygen atoms in total. The lowest BCUT2D eigenvalue weighted by Gasteiger charge is -2.15. The van der Waals surface area contributed by atoms with Crippen LogP contribution in [-0.2, 0) is 13.5 Å². The van der Waals surface area contributed by atoms with Crippen LogP contribution in [0.3, 0.4) is 0 Å². The SMILES string of the molecule is Cc1cc2c3c(F)cccc3n3c4cc(CC(C)C)cc5cc[n+](C)c(c(c1C)c23)c54. The summed E-state index contributed by atoms with van der Waals surface area (Å²) in [5, 5.41) is 5.45. The van der Waals surface area contributed by atoms with Gasteiger partial charge in [0.25, 0.3) is 0 Å². The van der Waals surface area contributed by atoms with Crippen molar-refractivity contribution in [2.75, 3.05) is 0 Å². The summed E-state index contributed by atoms with van der Waals surface area (Å²) in [5.41, 5.74) is 8.25. The molecule has 0 amide bonds. The molecule has 0 atom stereocenters. The van der Waals surface area contributed by atoms with Gasteiger partial charge in [0.2, 0.25) is 5.52 Å². The first-order valence-electron chi connectivity index (χ1n) is 11.1. The number of aromatic nitrogens is 2. The molecule has 0 bridgehead atoms. The smallest absolute Gasteiger partial charge is 0.224 e. The van der Waals surface area contributed by atoms with Crippen LogP contribution in [0.25, 0.3) is 49.0 Å². The van der Waals surface area contributed by atoms with Gasteiger partial charge in [0.15, 0.2) is 6.20 Å². The monoisotopic (exact) mass is 409 g/mol. The Morgan fingerprint density at radius 1 is 0.968 bits per heavy atom. The van der Waals surface area contributed by atoms with Crippen LogP contribution in [0.2, 0.25) is 0 Å². The second kappa shape index (κ2) is 6.16. The van der Waals surface area contributed by atoms with Crippen molar-refractivity contribution in [1.29, 1.82) is 0 Å². The Bertz CT molecular complexity index is 1670. The minimum absolute atomic E-state index is 0.152. The van der Waals surface area contributed by atoms with Gasteiger partial charge in [-0.25, -0.2) is 8.96 Å². The van der Waals surface area contributed by atoms with E-state index in [-0.39, 0.29) is 5.82 Å². The largest absolute Gasteiger partial charge is 0.307 e. The Hall–Kier alpha value is -3.20. The van der Waals surface area contributed by atoms with Crippen molar-refractivity contribution < 1.29 is 8.96 Å². The lowest BCUT2D eigenvalue weighted by atomic mass is 9.94. The quantitative estimate of drug-likeness (QED) is 0.169. The summed E-state index contributed by atoms with van der Waals surface area (Å²) >= 11 is 0. The maximum Gasteiger partial charge on any atom is 0.224 e. The molecule has 3 aromatic carbocycles. The maximum atomic E-state index is 15.2. The highest BCUT2D eigenvalue weighted by Gasteiger charge is 2.26. The van der Waals surface area contributed by atoms with Crippen molar-refractivity contribution in [3.63, 3.8) is 0 Å². The molecule has 0 saturated carbocycles. The van der Waals surface area contributed by atoms with E-state index in [1.54, 1.807) is 6.07 Å². The molecule has 6 rings (SSSR count). The van der Waals surface area contributed by atoms with Gasteiger partial charge in [0.05, 0.1) is 27.3 Å². The van der Waals surface area contributed by atoms with Gasteiger partial charge in [-0.3, -0.25) is 0 Å². The molecule has 0 spiro atoms. The summed E-state index contributed by atoms with van der Waals surface area (Å²) in [6.07, 6.45) is 3.18. The molecule has 0 fully saturated rings. The first kappa shape index (κ1) is 18.6. The highest BCUT2D eigenvalue weighted by Crippen LogP contribution is 2.42. The topological polar surface area (TPSA) is 8.29 Å². The molecule has 0 unspecified atom stereocenters. The fraction of sp³-hybridized carbons (Fsp3) is 0.250. The fourth-order valence-corrected chi connectivity index (χ4v) is 5.56. The number of hydrogen-bond donors (Lipinski definition) is 0. The minimum Gasteiger partial charge on any atom is -0.307 e. The molecule has 3 heterocycles. The Balaban J connectivity index is 2.04. The van der Waals surface area contributed by atoms with Gasteiger partial charge in [0.1, 0.15) is 12.9 Å². The number of halogens is 1. The lowest BCUT2D eigenvalue weighted by molar-refractivity contribution is -0.643. The highest BCUT2D eigenvalue weighted by molar-refractivity contribution is 6.26. The van der Waals surface area contributed by atoms with Gasteiger partial charge >= 0.3 is 0 Å². The molecule has 0 aliphatic rings. The number of pyridine rings is 2. The van der Waals surface area contributed by atoms with E-state index >= 15 is 4.39 Å². The maximum absolute atomic E-state index is 15.2. The second-order valence-corrected chi connectivity index (χ2v) is 9.51. The van der Waals surface area contributed by atoms with E-state index in [2.05, 4.69) is 80.2 Å². The number of nitrogens with zero attached hydrogens (tertiary/aromatic N) is 2. The molecule has 0 aliphatic carbocycles. The van der Waals surface area contributed by atoms with Gasteiger partial charge < -0.3 is 4.40 Å². The molecule has 3 heteroatoms. The summed E-state index contributed by atoms with van der Waals surface area (Å²) in [5.74, 6) is 0.420. The van der Waals surface area contributed by atoms with Crippen LogP contribution < -0.4 is 4.57 Å². The van der Waals surface area contributed by atoms with Crippen molar-refractivity contribution in [2.24, 2.45) is 13.0 Å². The number of hydrogen-bond acceptors (Lipinski definition) is 0. The van der Waals surface area contributed by atoms with Crippen LogP contribution in [0, 0.1) is 25.6 Å². The number of fused-ring (bicyclic) bond motifs is 5. The van der Waals surface area contributed by atoms with Gasteiger partial charge in [-0.2, -0.15) is 0 Å². The zero-order chi connectivity index (χ0) is 21.6. The van der Waals surface area contributed by atoms with Crippen LogP contribution in [0.1, 0.15) is 30.5 Å². The van der Waals surface area contributed by atoms with Crippen LogP contribution >= 0.6 is 0 Å². The second-order valence-electron chi connectivity index (χ2n) is 9.51. The zero-order valence-corrected chi connectivity index (χ0v) is 18.7. The number of benzene rings is 3. The fourth-order valence-electron chi connectivity index (χ4n) is 5.56. The van der Waals surface area contributed by atoms with Gasteiger partial charge in [-0.05, 0) is 72.5 Å². The van der Waals surface area contributed by atoms with E-state index in [1.165, 1.54) is 43.9 Å². The van der Waals surface area contributed by atoms with E-state index in [0.29, 0.717) is 5.92 Å². The molecule has 31 heavy (non-hydrogen) atoms. The van der Waals surface area contributed by atoms with Gasteiger partial charge in [0, 0.05) is 16.8 Å². The van der Waals surface area contributed by atoms with Crippen molar-refractivity contribution in [3.05, 3.63) is 71.2 Å². The summed E-state index contributed by atoms with van der Waals surface area (Å²) in [4.78, 5) is 0. The highest BCUT2D eigenvalue weighted by atomic mass is 19.1. The number of aryl methyl sites for hydroxylation is 3. The van der Waals surface area contributed by atoms with Crippen molar-refractivity contribution >= 4 is 49.0 Å². The summed E-state index contributed by atoms with van der Waals surface area (Å²) in [6, 6.07) is 14.5. The zero-order valence-electron chi connectivity index (χ0n) is 18.7. The molecule has 0 aliphatic heterocycles. The van der Waals surface area contributed by atoms with E-state index in [9.17, 15) is 0 Å². The Morgan fingerprint density at radius 3 is 2.55 bits per heavy atom. The van der Waals surface area contributed by atoms with E-state index < -0.39 is 0 Å². The third-order valence-electron chi connectivity index (χ3n) is 6.94. The first-order chi connectivity index (χ1) is 14.9. The summed E-state index contributed by atoms with van der Waals surface area (Å²) in [7, 11) is 2.12. The van der Waals surface area contributed by atoms with Crippen molar-refractivity contribution in [1.82, 2.24) is 4.40 Å². The van der Waals surface area contributed by atoms with Crippen molar-refractivity contribution in [3.8, 4) is 0 Å². The van der Waals surface area contributed by atoms with Crippen molar-refractivity contribution in [2.45, 2.75) is 34.1 Å². The molecule has 0 saturated heterocycles. The average molecular weight is 410 g/mol. The summed E-state index contributed by atoms with van der Waals surface area (Å²) < 4.78 is 19.7. The Kier molecular flexibility index (Phi) is 3.69. The number of rotatable bonds is 2. The third-order valence-corrected chi connectivity index (χ3v) is 6.94. The molecular weight excluding hydrogens is 383 g/mol. The van der Waals surface area contributed by atoms with E-state index in [0.717, 1.165) is 28.2 Å². The Morgan fingerprint density at radius 2 is 1.77 bits per heavy atom. The average Bonchev–Trinajstić information content (AvgIpc) is 3.05. The molecule has 0 N–H and O–H groups in total. The predicted octanol–water partition coefficient (Wildman–Crippen LogP) is 6.77. The lowest BCUT2D eigenvalue weighted by Crippen LogP contribution is -2.29. The molecule has 0 radical (unpaired) electrons. The van der Waals surface area contributed by atoms with E-state index in [1.807, 2.05) is 6.07 Å². The van der Waals surface area contributed by atoms with Gasteiger partial charge in [-0.15, -0.1) is 0 Å². The molecule has 154 valence electrons. The van der Waals surface area contributed by atoms with E-state index in [4.69, 9.17) is 0 Å². The predicted molar refractivity (Wildman–Crippen MR) is 128 cm³/mol. The van der Waals surface area contributed by atoms with Gasteiger partial charge in [-0.1, -0.05) is 26.0 Å². The Labute approximate surface area is 180 Å². The normalized spacial score (nSPS) is 12.6. The molecule has 3 aromatic heterocycles. The molecular formula is C28H26FN2+. The third kappa shape index (κ3) is 2.35. The molecule has 6 aromatic rings. The van der Waals surface area contributed by atoms with Crippen LogP contribution in [-0.4, -0.2) is 4.40 Å².